The van der Waals surface area contributed by atoms with Crippen LogP contribution in [-0.2, 0) is 16.9 Å². The summed E-state index contributed by atoms with van der Waals surface area (Å²) in [6.45, 7) is 0. The third kappa shape index (κ3) is 3.60. The fourth-order valence-electron chi connectivity index (χ4n) is 5.40. The number of halogens is 7. The molecule has 172 valence electrons. The molecule has 1 aromatic carbocycles. The van der Waals surface area contributed by atoms with Crippen LogP contribution in [0.1, 0.15) is 54.7 Å². The van der Waals surface area contributed by atoms with Gasteiger partial charge in [-0.3, -0.25) is 4.79 Å². The first-order chi connectivity index (χ1) is 14.3. The highest BCUT2D eigenvalue weighted by Crippen LogP contribution is 2.55. The Morgan fingerprint density at radius 2 is 1.61 bits per heavy atom. The second-order valence-corrected chi connectivity index (χ2v) is 8.89. The molecule has 10 heteroatoms. The van der Waals surface area contributed by atoms with Gasteiger partial charge in [0.2, 0.25) is 5.91 Å². The van der Waals surface area contributed by atoms with E-state index in [1.54, 1.807) is 0 Å². The molecule has 0 heterocycles. The maximum atomic E-state index is 14.4. The fraction of sp³-hybridized carbons (Fsp3) is 0.667. The molecule has 0 bridgehead atoms. The summed E-state index contributed by atoms with van der Waals surface area (Å²) in [7, 11) is 0. The fourth-order valence-corrected chi connectivity index (χ4v) is 5.40. The van der Waals surface area contributed by atoms with Gasteiger partial charge in [-0.2, -0.15) is 26.3 Å². The van der Waals surface area contributed by atoms with Crippen molar-refractivity contribution in [2.24, 2.45) is 11.8 Å². The lowest BCUT2D eigenvalue weighted by Gasteiger charge is -2.36. The van der Waals surface area contributed by atoms with Gasteiger partial charge in [0.1, 0.15) is 0 Å². The molecule has 0 unspecified atom stereocenters. The van der Waals surface area contributed by atoms with E-state index in [1.165, 1.54) is 0 Å². The van der Waals surface area contributed by atoms with Gasteiger partial charge in [0, 0.05) is 17.5 Å². The summed E-state index contributed by atoms with van der Waals surface area (Å²) in [4.78, 5) is 12.6. The first kappa shape index (κ1) is 22.4. The Labute approximate surface area is 174 Å². The van der Waals surface area contributed by atoms with Crippen molar-refractivity contribution in [2.75, 3.05) is 0 Å². The predicted molar refractivity (Wildman–Crippen MR) is 95.8 cm³/mol. The van der Waals surface area contributed by atoms with Crippen LogP contribution < -0.4 is 5.32 Å². The quantitative estimate of drug-likeness (QED) is 0.654. The number of hydrogen-bond donors (Lipinski definition) is 2. The lowest BCUT2D eigenvalue weighted by Crippen LogP contribution is -2.50. The van der Waals surface area contributed by atoms with E-state index in [2.05, 4.69) is 5.32 Å². The summed E-state index contributed by atoms with van der Waals surface area (Å²) >= 11 is 0. The van der Waals surface area contributed by atoms with Crippen LogP contribution in [0.5, 0.6) is 0 Å². The summed E-state index contributed by atoms with van der Waals surface area (Å²) < 4.78 is 92.9. The van der Waals surface area contributed by atoms with E-state index in [4.69, 9.17) is 0 Å². The average Bonchev–Trinajstić information content (AvgIpc) is 3.08. The molecule has 0 aliphatic heterocycles. The SMILES string of the molecule is O=C(NC1CC(O)C1)[C@@H]1CC[C@H]2c3ccc(C(F)(C(F)(F)F)C(F)(F)F)cc3CC[C@@H]12. The summed E-state index contributed by atoms with van der Waals surface area (Å²) in [6, 6.07) is 2.36. The second kappa shape index (κ2) is 7.35. The van der Waals surface area contributed by atoms with E-state index >= 15 is 0 Å². The van der Waals surface area contributed by atoms with Crippen molar-refractivity contribution in [3.8, 4) is 0 Å². The van der Waals surface area contributed by atoms with Gasteiger partial charge in [0.15, 0.2) is 0 Å². The topological polar surface area (TPSA) is 49.3 Å². The average molecular weight is 453 g/mol. The lowest BCUT2D eigenvalue weighted by atomic mass is 9.73. The summed E-state index contributed by atoms with van der Waals surface area (Å²) in [5.74, 6) is -0.641. The molecule has 1 aromatic rings. The van der Waals surface area contributed by atoms with Crippen LogP contribution >= 0.6 is 0 Å². The zero-order valence-corrected chi connectivity index (χ0v) is 16.4. The number of rotatable bonds is 3. The Morgan fingerprint density at radius 1 is 0.968 bits per heavy atom. The Hall–Kier alpha value is -1.84. The Kier molecular flexibility index (Phi) is 5.30. The van der Waals surface area contributed by atoms with E-state index in [9.17, 15) is 40.6 Å². The zero-order chi connectivity index (χ0) is 22.8. The molecular weight excluding hydrogens is 431 g/mol. The minimum atomic E-state index is -6.14. The third-order valence-electron chi connectivity index (χ3n) is 7.09. The number of aliphatic hydroxyl groups is 1. The van der Waals surface area contributed by atoms with Gasteiger partial charge in [-0.05, 0) is 61.5 Å². The smallest absolute Gasteiger partial charge is 0.393 e. The molecule has 0 spiro atoms. The van der Waals surface area contributed by atoms with Crippen molar-refractivity contribution in [3.05, 3.63) is 34.9 Å². The number of carbonyl (C=O) groups excluding carboxylic acids is 1. The lowest BCUT2D eigenvalue weighted by molar-refractivity contribution is -0.348. The van der Waals surface area contributed by atoms with Crippen molar-refractivity contribution in [1.82, 2.24) is 5.32 Å². The van der Waals surface area contributed by atoms with Gasteiger partial charge in [-0.1, -0.05) is 18.2 Å². The first-order valence-corrected chi connectivity index (χ1v) is 10.3. The van der Waals surface area contributed by atoms with Gasteiger partial charge in [0.25, 0.3) is 0 Å². The van der Waals surface area contributed by atoms with Gasteiger partial charge >= 0.3 is 18.0 Å². The van der Waals surface area contributed by atoms with E-state index < -0.39 is 29.7 Å². The van der Waals surface area contributed by atoms with E-state index in [0.29, 0.717) is 49.8 Å². The molecule has 3 aliphatic rings. The highest BCUT2D eigenvalue weighted by molar-refractivity contribution is 5.80. The summed E-state index contributed by atoms with van der Waals surface area (Å²) in [5.41, 5.74) is -6.02. The number of aryl methyl sites for hydroxylation is 1. The number of aliphatic hydroxyl groups excluding tert-OH is 1. The molecule has 31 heavy (non-hydrogen) atoms. The van der Waals surface area contributed by atoms with Crippen LogP contribution in [0.25, 0.3) is 0 Å². The number of hydrogen-bond acceptors (Lipinski definition) is 2. The number of benzene rings is 1. The van der Waals surface area contributed by atoms with Crippen molar-refractivity contribution in [1.29, 1.82) is 0 Å². The molecule has 2 N–H and O–H groups in total. The van der Waals surface area contributed by atoms with Gasteiger partial charge in [-0.15, -0.1) is 0 Å². The van der Waals surface area contributed by atoms with Gasteiger partial charge < -0.3 is 10.4 Å². The van der Waals surface area contributed by atoms with Crippen LogP contribution in [0.3, 0.4) is 0 Å². The van der Waals surface area contributed by atoms with Crippen molar-refractivity contribution in [2.45, 2.75) is 74.6 Å². The number of alkyl halides is 7. The highest BCUT2D eigenvalue weighted by Gasteiger charge is 2.73. The minimum Gasteiger partial charge on any atom is -0.393 e. The van der Waals surface area contributed by atoms with Gasteiger partial charge in [-0.25, -0.2) is 4.39 Å². The van der Waals surface area contributed by atoms with Crippen LogP contribution in [0.15, 0.2) is 18.2 Å². The van der Waals surface area contributed by atoms with Crippen molar-refractivity contribution < 1.29 is 40.6 Å². The standard InChI is InChI=1S/C21H22F7NO2/c22-19(20(23,24)25,21(26,27)28)11-2-4-14-10(7-11)1-3-16-15(14)5-6-17(16)18(31)29-12-8-13(30)9-12/h2,4,7,12-13,15-17,30H,1,3,5-6,8-9H2,(H,29,31)/t12?,13?,15-,16+,17+/m0/s1. The second-order valence-electron chi connectivity index (χ2n) is 8.89. The minimum absolute atomic E-state index is 0.0660. The largest absolute Gasteiger partial charge is 0.435 e. The molecule has 0 radical (unpaired) electrons. The van der Waals surface area contributed by atoms with Crippen LogP contribution in [0.4, 0.5) is 30.7 Å². The first-order valence-electron chi connectivity index (χ1n) is 10.3. The maximum absolute atomic E-state index is 14.4. The number of carbonyl (C=O) groups is 1. The molecule has 4 rings (SSSR count). The molecule has 2 fully saturated rings. The zero-order valence-electron chi connectivity index (χ0n) is 16.4. The molecule has 1 amide bonds. The summed E-state index contributed by atoms with van der Waals surface area (Å²) in [5, 5.41) is 12.3. The molecule has 0 saturated heterocycles. The Bertz CT molecular complexity index is 846. The maximum Gasteiger partial charge on any atom is 0.435 e. The Balaban J connectivity index is 1.56. The van der Waals surface area contributed by atoms with E-state index in [-0.39, 0.29) is 41.7 Å². The number of amides is 1. The van der Waals surface area contributed by atoms with Crippen molar-refractivity contribution in [3.63, 3.8) is 0 Å². The monoisotopic (exact) mass is 453 g/mol. The van der Waals surface area contributed by atoms with Gasteiger partial charge in [0.05, 0.1) is 6.10 Å². The highest BCUT2D eigenvalue weighted by atomic mass is 19.4. The Morgan fingerprint density at radius 3 is 2.19 bits per heavy atom. The molecule has 3 aliphatic carbocycles. The van der Waals surface area contributed by atoms with E-state index in [1.807, 2.05) is 0 Å². The molecule has 3 atom stereocenters. The molecule has 3 nitrogen and oxygen atoms in total. The predicted octanol–water partition coefficient (Wildman–Crippen LogP) is 4.67. The van der Waals surface area contributed by atoms with Crippen LogP contribution in [0.2, 0.25) is 0 Å². The molecule has 0 aromatic heterocycles. The van der Waals surface area contributed by atoms with Crippen LogP contribution in [-0.4, -0.2) is 35.5 Å². The summed E-state index contributed by atoms with van der Waals surface area (Å²) in [6.07, 6.45) is -9.91. The van der Waals surface area contributed by atoms with E-state index in [0.717, 1.165) is 6.07 Å². The number of nitrogens with one attached hydrogen (secondary N) is 1. The normalized spacial score (nSPS) is 30.9. The number of fused-ring (bicyclic) bond motifs is 3. The molecular formula is C21H22F7NO2. The van der Waals surface area contributed by atoms with Crippen LogP contribution in [0, 0.1) is 11.8 Å². The van der Waals surface area contributed by atoms with Crippen molar-refractivity contribution >= 4 is 5.91 Å². The molecule has 2 saturated carbocycles. The third-order valence-corrected chi connectivity index (χ3v) is 7.09.